The van der Waals surface area contributed by atoms with E-state index < -0.39 is 10.8 Å². The lowest BCUT2D eigenvalue weighted by atomic mass is 10.0. The van der Waals surface area contributed by atoms with Crippen molar-refractivity contribution in [3.8, 4) is 0 Å². The summed E-state index contributed by atoms with van der Waals surface area (Å²) in [5.41, 5.74) is 2.61. The van der Waals surface area contributed by atoms with Gasteiger partial charge in [0.2, 0.25) is 0 Å². The molecule has 2 nitrogen and oxygen atoms in total. The first-order valence-corrected chi connectivity index (χ1v) is 9.22. The molecule has 1 rings (SSSR count). The van der Waals surface area contributed by atoms with E-state index in [9.17, 15) is 4.21 Å². The fourth-order valence-corrected chi connectivity index (χ4v) is 3.76. The summed E-state index contributed by atoms with van der Waals surface area (Å²) in [7, 11) is -0.754. The van der Waals surface area contributed by atoms with E-state index >= 15 is 0 Å². The van der Waals surface area contributed by atoms with Gasteiger partial charge in [0.15, 0.2) is 0 Å². The maximum absolute atomic E-state index is 12.2. The molecule has 0 heterocycles. The zero-order chi connectivity index (χ0) is 15.0. The molecule has 0 bridgehead atoms. The average molecular weight is 295 g/mol. The van der Waals surface area contributed by atoms with Crippen molar-refractivity contribution in [2.24, 2.45) is 5.92 Å². The van der Waals surface area contributed by atoms with Crippen molar-refractivity contribution in [1.29, 1.82) is 0 Å². The lowest BCUT2D eigenvalue weighted by Gasteiger charge is -2.19. The van der Waals surface area contributed by atoms with Crippen LogP contribution in [0.3, 0.4) is 0 Å². The van der Waals surface area contributed by atoms with Gasteiger partial charge in [0.05, 0.1) is 0 Å². The summed E-state index contributed by atoms with van der Waals surface area (Å²) in [4.78, 5) is 0. The third kappa shape index (κ3) is 6.19. The van der Waals surface area contributed by atoms with Crippen LogP contribution in [0.2, 0.25) is 0 Å². The molecule has 1 N–H and O–H groups in total. The maximum Gasteiger partial charge on any atom is 0.0436 e. The van der Waals surface area contributed by atoms with Crippen molar-refractivity contribution in [2.75, 3.05) is 18.1 Å². The van der Waals surface area contributed by atoms with Gasteiger partial charge in [0, 0.05) is 28.3 Å². The molecule has 0 aliphatic carbocycles. The second-order valence-electron chi connectivity index (χ2n) is 5.77. The van der Waals surface area contributed by atoms with E-state index in [0.717, 1.165) is 25.1 Å². The van der Waals surface area contributed by atoms with E-state index in [0.29, 0.717) is 11.7 Å². The molecule has 0 saturated carbocycles. The summed E-state index contributed by atoms with van der Waals surface area (Å²) in [5, 5.41) is 3.53. The third-order valence-electron chi connectivity index (χ3n) is 3.30. The molecular formula is C17H29NOS. The lowest BCUT2D eigenvalue weighted by Crippen LogP contribution is -2.28. The first-order chi connectivity index (χ1) is 9.56. The molecule has 0 aliphatic rings. The average Bonchev–Trinajstić information content (AvgIpc) is 2.42. The Morgan fingerprint density at radius 2 is 1.75 bits per heavy atom. The summed E-state index contributed by atoms with van der Waals surface area (Å²) in [6, 6.07) is 8.93. The van der Waals surface area contributed by atoms with Gasteiger partial charge >= 0.3 is 0 Å². The van der Waals surface area contributed by atoms with Crippen LogP contribution in [-0.4, -0.2) is 22.3 Å². The van der Waals surface area contributed by atoms with Crippen molar-refractivity contribution in [1.82, 2.24) is 5.32 Å². The number of nitrogens with one attached hydrogen (secondary N) is 1. The molecule has 0 aliphatic heterocycles. The Kier molecular flexibility index (Phi) is 8.08. The second-order valence-corrected chi connectivity index (χ2v) is 7.32. The van der Waals surface area contributed by atoms with Crippen LogP contribution in [0.15, 0.2) is 24.3 Å². The van der Waals surface area contributed by atoms with Crippen LogP contribution in [0.25, 0.3) is 0 Å². The van der Waals surface area contributed by atoms with Crippen molar-refractivity contribution in [2.45, 2.75) is 46.6 Å². The summed E-state index contributed by atoms with van der Waals surface area (Å²) < 4.78 is 12.2. The minimum Gasteiger partial charge on any atom is -0.309 e. The highest BCUT2D eigenvalue weighted by Crippen LogP contribution is 2.16. The molecule has 2 atom stereocenters. The molecule has 0 aromatic heterocycles. The first kappa shape index (κ1) is 17.4. The molecule has 0 amide bonds. The summed E-state index contributed by atoms with van der Waals surface area (Å²) in [5.74, 6) is 1.99. The van der Waals surface area contributed by atoms with Gasteiger partial charge in [-0.05, 0) is 36.4 Å². The Balaban J connectivity index is 2.73. The van der Waals surface area contributed by atoms with Crippen LogP contribution in [0.1, 0.15) is 51.3 Å². The smallest absolute Gasteiger partial charge is 0.0436 e. The van der Waals surface area contributed by atoms with Crippen LogP contribution >= 0.6 is 0 Å². The maximum atomic E-state index is 12.2. The number of hydrogen-bond donors (Lipinski definition) is 1. The Morgan fingerprint density at radius 1 is 1.10 bits per heavy atom. The number of hydrogen-bond acceptors (Lipinski definition) is 2. The molecular weight excluding hydrogens is 266 g/mol. The highest BCUT2D eigenvalue weighted by molar-refractivity contribution is 7.85. The van der Waals surface area contributed by atoms with E-state index in [1.165, 1.54) is 11.1 Å². The van der Waals surface area contributed by atoms with E-state index in [-0.39, 0.29) is 6.04 Å². The molecule has 0 saturated heterocycles. The van der Waals surface area contributed by atoms with Crippen LogP contribution in [-0.2, 0) is 17.2 Å². The summed E-state index contributed by atoms with van der Waals surface area (Å²) >= 11 is 0. The monoisotopic (exact) mass is 295 g/mol. The fraction of sp³-hybridized carbons (Fsp3) is 0.647. The molecule has 0 fully saturated rings. The minimum absolute atomic E-state index is 0.209. The molecule has 1 aromatic rings. The van der Waals surface area contributed by atoms with Crippen molar-refractivity contribution < 1.29 is 4.21 Å². The molecule has 114 valence electrons. The minimum atomic E-state index is -0.754. The van der Waals surface area contributed by atoms with Crippen LogP contribution in [0, 0.1) is 5.92 Å². The number of rotatable bonds is 9. The van der Waals surface area contributed by atoms with Gasteiger partial charge in [-0.25, -0.2) is 0 Å². The van der Waals surface area contributed by atoms with E-state index in [1.807, 2.05) is 0 Å². The Bertz CT molecular complexity index is 400. The van der Waals surface area contributed by atoms with E-state index in [2.05, 4.69) is 57.3 Å². The molecule has 0 spiro atoms. The van der Waals surface area contributed by atoms with Crippen molar-refractivity contribution in [3.05, 3.63) is 35.4 Å². The van der Waals surface area contributed by atoms with E-state index in [1.54, 1.807) is 0 Å². The van der Waals surface area contributed by atoms with E-state index in [4.69, 9.17) is 0 Å². The SMILES string of the molecule is CCCNC(CS(=O)CC(C)C)c1ccc(CC)cc1. The second kappa shape index (κ2) is 9.30. The topological polar surface area (TPSA) is 29.1 Å². The van der Waals surface area contributed by atoms with Crippen LogP contribution < -0.4 is 5.32 Å². The Labute approximate surface area is 126 Å². The highest BCUT2D eigenvalue weighted by Gasteiger charge is 2.15. The molecule has 2 unspecified atom stereocenters. The van der Waals surface area contributed by atoms with Crippen LogP contribution in [0.5, 0.6) is 0 Å². The Morgan fingerprint density at radius 3 is 2.25 bits per heavy atom. The standard InChI is InChI=1S/C17H29NOS/c1-5-11-18-17(13-20(19)12-14(3)4)16-9-7-15(6-2)8-10-16/h7-10,14,17-18H,5-6,11-13H2,1-4H3. The van der Waals surface area contributed by atoms with Crippen molar-refractivity contribution in [3.63, 3.8) is 0 Å². The largest absolute Gasteiger partial charge is 0.309 e. The Hall–Kier alpha value is -0.670. The van der Waals surface area contributed by atoms with Gasteiger partial charge in [-0.2, -0.15) is 0 Å². The lowest BCUT2D eigenvalue weighted by molar-refractivity contribution is 0.567. The number of aryl methyl sites for hydroxylation is 1. The normalized spacial score (nSPS) is 14.4. The third-order valence-corrected chi connectivity index (χ3v) is 5.05. The van der Waals surface area contributed by atoms with Gasteiger partial charge < -0.3 is 5.32 Å². The predicted octanol–water partition coefficient (Wildman–Crippen LogP) is 3.69. The van der Waals surface area contributed by atoms with Crippen LogP contribution in [0.4, 0.5) is 0 Å². The predicted molar refractivity (Wildman–Crippen MR) is 89.6 cm³/mol. The van der Waals surface area contributed by atoms with Gasteiger partial charge in [-0.15, -0.1) is 0 Å². The quantitative estimate of drug-likeness (QED) is 0.753. The summed E-state index contributed by atoms with van der Waals surface area (Å²) in [6.07, 6.45) is 2.16. The molecule has 1 aromatic carbocycles. The first-order valence-electron chi connectivity index (χ1n) is 7.74. The van der Waals surface area contributed by atoms with Gasteiger partial charge in [-0.3, -0.25) is 4.21 Å². The number of benzene rings is 1. The van der Waals surface area contributed by atoms with Crippen molar-refractivity contribution >= 4 is 10.8 Å². The fourth-order valence-electron chi connectivity index (χ4n) is 2.20. The highest BCUT2D eigenvalue weighted by atomic mass is 32.2. The zero-order valence-electron chi connectivity index (χ0n) is 13.3. The van der Waals surface area contributed by atoms with Gasteiger partial charge in [-0.1, -0.05) is 52.0 Å². The van der Waals surface area contributed by atoms with Gasteiger partial charge in [0.1, 0.15) is 0 Å². The summed E-state index contributed by atoms with van der Waals surface area (Å²) in [6.45, 7) is 9.55. The van der Waals surface area contributed by atoms with Gasteiger partial charge in [0.25, 0.3) is 0 Å². The molecule has 3 heteroatoms. The molecule has 0 radical (unpaired) electrons. The molecule has 20 heavy (non-hydrogen) atoms. The zero-order valence-corrected chi connectivity index (χ0v) is 14.1.